The van der Waals surface area contributed by atoms with Crippen LogP contribution in [0.3, 0.4) is 0 Å². The molecule has 0 aromatic heterocycles. The van der Waals surface area contributed by atoms with Gasteiger partial charge in [-0.3, -0.25) is 9.69 Å². The highest BCUT2D eigenvalue weighted by Gasteiger charge is 2.27. The fourth-order valence-corrected chi connectivity index (χ4v) is 2.79. The van der Waals surface area contributed by atoms with Crippen molar-refractivity contribution in [1.82, 2.24) is 4.90 Å². The molecule has 26 heavy (non-hydrogen) atoms. The highest BCUT2D eigenvalue weighted by atomic mass is 16.5. The van der Waals surface area contributed by atoms with Crippen molar-refractivity contribution in [2.75, 3.05) is 28.4 Å². The van der Waals surface area contributed by atoms with Gasteiger partial charge < -0.3 is 14.2 Å². The van der Waals surface area contributed by atoms with Crippen molar-refractivity contribution in [2.45, 2.75) is 0 Å². The van der Waals surface area contributed by atoms with Crippen LogP contribution in [0.25, 0.3) is 6.08 Å². The predicted molar refractivity (Wildman–Crippen MR) is 99.8 cm³/mol. The van der Waals surface area contributed by atoms with Gasteiger partial charge in [-0.25, -0.2) is 4.99 Å². The number of carbonyl (C=O) groups excluding carboxylic acids is 1. The van der Waals surface area contributed by atoms with E-state index >= 15 is 0 Å². The maximum atomic E-state index is 12.6. The Bertz CT molecular complexity index is 863. The minimum absolute atomic E-state index is 0.169. The maximum Gasteiger partial charge on any atom is 0.277 e. The molecule has 1 heterocycles. The number of carbonyl (C=O) groups is 1. The van der Waals surface area contributed by atoms with Crippen LogP contribution in [-0.4, -0.2) is 45.0 Å². The van der Waals surface area contributed by atoms with E-state index in [1.54, 1.807) is 51.5 Å². The van der Waals surface area contributed by atoms with E-state index in [0.717, 1.165) is 11.1 Å². The summed E-state index contributed by atoms with van der Waals surface area (Å²) in [6.45, 7) is 0. The summed E-state index contributed by atoms with van der Waals surface area (Å²) < 4.78 is 16.0. The molecule has 0 bridgehead atoms. The van der Waals surface area contributed by atoms with Gasteiger partial charge >= 0.3 is 0 Å². The van der Waals surface area contributed by atoms with E-state index < -0.39 is 0 Å². The molecule has 0 atom stereocenters. The van der Waals surface area contributed by atoms with E-state index in [1.165, 1.54) is 0 Å². The van der Waals surface area contributed by atoms with E-state index in [0.29, 0.717) is 28.8 Å². The van der Waals surface area contributed by atoms with Gasteiger partial charge in [0.25, 0.3) is 5.91 Å². The Morgan fingerprint density at radius 3 is 2.12 bits per heavy atom. The van der Waals surface area contributed by atoms with Gasteiger partial charge in [0.15, 0.2) is 11.5 Å². The third kappa shape index (κ3) is 3.13. The first-order valence-corrected chi connectivity index (χ1v) is 8.03. The molecule has 2 aromatic rings. The van der Waals surface area contributed by atoms with Crippen molar-refractivity contribution in [3.8, 4) is 17.2 Å². The molecule has 0 spiro atoms. The summed E-state index contributed by atoms with van der Waals surface area (Å²) in [6, 6.07) is 13.1. The first-order valence-electron chi connectivity index (χ1n) is 8.03. The van der Waals surface area contributed by atoms with Crippen molar-refractivity contribution in [3.63, 3.8) is 0 Å². The normalized spacial score (nSPS) is 15.2. The molecule has 0 radical (unpaired) electrons. The highest BCUT2D eigenvalue weighted by Crippen LogP contribution is 2.39. The van der Waals surface area contributed by atoms with Crippen molar-refractivity contribution < 1.29 is 19.0 Å². The minimum Gasteiger partial charge on any atom is -0.493 e. The van der Waals surface area contributed by atoms with Crippen LogP contribution in [-0.2, 0) is 4.79 Å². The zero-order chi connectivity index (χ0) is 18.7. The monoisotopic (exact) mass is 352 g/mol. The van der Waals surface area contributed by atoms with Crippen LogP contribution >= 0.6 is 0 Å². The summed E-state index contributed by atoms with van der Waals surface area (Å²) >= 11 is 0. The summed E-state index contributed by atoms with van der Waals surface area (Å²) in [5.74, 6) is 1.99. The molecule has 6 heteroatoms. The fraction of sp³-hybridized carbons (Fsp3) is 0.200. The van der Waals surface area contributed by atoms with Crippen LogP contribution in [0, 0.1) is 0 Å². The third-order valence-corrected chi connectivity index (χ3v) is 4.09. The molecule has 1 aliphatic heterocycles. The standard InChI is InChI=1S/C20H20N2O4/c1-22-19(14-8-6-5-7-9-14)21-15(20(22)23)10-13-11-16(24-2)18(26-4)17(12-13)25-3/h5-12H,1-4H3. The second kappa shape index (κ2) is 7.31. The lowest BCUT2D eigenvalue weighted by molar-refractivity contribution is -0.121. The van der Waals surface area contributed by atoms with E-state index in [2.05, 4.69) is 4.99 Å². The number of amides is 1. The Labute approximate surface area is 152 Å². The summed E-state index contributed by atoms with van der Waals surface area (Å²) in [7, 11) is 6.36. The SMILES string of the molecule is COc1cc(C=C2N=C(c3ccccc3)N(C)C2=O)cc(OC)c1OC. The van der Waals surface area contributed by atoms with Gasteiger partial charge in [0.05, 0.1) is 21.3 Å². The number of rotatable bonds is 5. The van der Waals surface area contributed by atoms with Gasteiger partial charge in [0.1, 0.15) is 11.5 Å². The Morgan fingerprint density at radius 2 is 1.58 bits per heavy atom. The Kier molecular flexibility index (Phi) is 4.93. The molecule has 0 fully saturated rings. The first kappa shape index (κ1) is 17.5. The van der Waals surface area contributed by atoms with Crippen LogP contribution in [0.5, 0.6) is 17.2 Å². The number of benzene rings is 2. The van der Waals surface area contributed by atoms with E-state index in [-0.39, 0.29) is 5.91 Å². The molecule has 1 amide bonds. The molecule has 0 saturated heterocycles. The Balaban J connectivity index is 2.04. The lowest BCUT2D eigenvalue weighted by Crippen LogP contribution is -2.28. The second-order valence-corrected chi connectivity index (χ2v) is 5.65. The average Bonchev–Trinajstić information content (AvgIpc) is 2.96. The fourth-order valence-electron chi connectivity index (χ4n) is 2.79. The summed E-state index contributed by atoms with van der Waals surface area (Å²) in [5, 5.41) is 0. The topological polar surface area (TPSA) is 60.4 Å². The molecular weight excluding hydrogens is 332 g/mol. The Hall–Kier alpha value is -3.28. The number of ether oxygens (including phenoxy) is 3. The van der Waals surface area contributed by atoms with Crippen LogP contribution < -0.4 is 14.2 Å². The van der Waals surface area contributed by atoms with Gasteiger partial charge in [-0.1, -0.05) is 30.3 Å². The first-order chi connectivity index (χ1) is 12.6. The number of amidine groups is 1. The lowest BCUT2D eigenvalue weighted by atomic mass is 10.1. The number of nitrogens with zero attached hydrogens (tertiary/aromatic N) is 2. The molecular formula is C20H20N2O4. The molecule has 2 aromatic carbocycles. The van der Waals surface area contributed by atoms with Gasteiger partial charge in [0, 0.05) is 12.6 Å². The quantitative estimate of drug-likeness (QED) is 0.776. The molecule has 0 N–H and O–H groups in total. The summed E-state index contributed by atoms with van der Waals surface area (Å²) in [6.07, 6.45) is 1.71. The van der Waals surface area contributed by atoms with Gasteiger partial charge in [-0.2, -0.15) is 0 Å². The van der Waals surface area contributed by atoms with Crippen LogP contribution in [0.2, 0.25) is 0 Å². The van der Waals surface area contributed by atoms with E-state index in [9.17, 15) is 4.79 Å². The third-order valence-electron chi connectivity index (χ3n) is 4.09. The number of methoxy groups -OCH3 is 3. The van der Waals surface area contributed by atoms with E-state index in [4.69, 9.17) is 14.2 Å². The van der Waals surface area contributed by atoms with Crippen LogP contribution in [0.4, 0.5) is 0 Å². The number of aliphatic imine (C=N–C) groups is 1. The maximum absolute atomic E-state index is 12.6. The van der Waals surface area contributed by atoms with Gasteiger partial charge in [-0.15, -0.1) is 0 Å². The van der Waals surface area contributed by atoms with Gasteiger partial charge in [-0.05, 0) is 23.8 Å². The number of hydrogen-bond donors (Lipinski definition) is 0. The van der Waals surface area contributed by atoms with Crippen molar-refractivity contribution in [2.24, 2.45) is 4.99 Å². The average molecular weight is 352 g/mol. The summed E-state index contributed by atoms with van der Waals surface area (Å²) in [4.78, 5) is 18.6. The largest absolute Gasteiger partial charge is 0.493 e. The molecule has 0 saturated carbocycles. The summed E-state index contributed by atoms with van der Waals surface area (Å²) in [5.41, 5.74) is 1.96. The molecule has 134 valence electrons. The lowest BCUT2D eigenvalue weighted by Gasteiger charge is -2.13. The van der Waals surface area contributed by atoms with Crippen molar-refractivity contribution in [1.29, 1.82) is 0 Å². The van der Waals surface area contributed by atoms with Crippen LogP contribution in [0.15, 0.2) is 53.2 Å². The zero-order valence-corrected chi connectivity index (χ0v) is 15.1. The zero-order valence-electron chi connectivity index (χ0n) is 15.1. The van der Waals surface area contributed by atoms with Crippen LogP contribution in [0.1, 0.15) is 11.1 Å². The highest BCUT2D eigenvalue weighted by molar-refractivity contribution is 6.19. The predicted octanol–water partition coefficient (Wildman–Crippen LogP) is 2.97. The molecule has 0 aliphatic carbocycles. The molecule has 0 unspecified atom stereocenters. The number of hydrogen-bond acceptors (Lipinski definition) is 5. The second-order valence-electron chi connectivity index (χ2n) is 5.65. The van der Waals surface area contributed by atoms with Crippen molar-refractivity contribution >= 4 is 17.8 Å². The smallest absolute Gasteiger partial charge is 0.277 e. The number of likely N-dealkylation sites (N-methyl/N-ethyl adjacent to an activating group) is 1. The van der Waals surface area contributed by atoms with Crippen molar-refractivity contribution in [3.05, 3.63) is 59.3 Å². The molecule has 3 rings (SSSR count). The Morgan fingerprint density at radius 1 is 0.962 bits per heavy atom. The van der Waals surface area contributed by atoms with E-state index in [1.807, 2.05) is 30.3 Å². The minimum atomic E-state index is -0.169. The molecule has 6 nitrogen and oxygen atoms in total. The van der Waals surface area contributed by atoms with Gasteiger partial charge in [0.2, 0.25) is 5.75 Å². The molecule has 1 aliphatic rings.